The highest BCUT2D eigenvalue weighted by Gasteiger charge is 2.28. The first kappa shape index (κ1) is 16.5. The largest absolute Gasteiger partial charge is 0.460 e. The molecule has 2 aromatic rings. The summed E-state index contributed by atoms with van der Waals surface area (Å²) < 4.78 is 10.5. The zero-order valence-electron chi connectivity index (χ0n) is 14.2. The lowest BCUT2D eigenvalue weighted by molar-refractivity contribution is -0.159. The number of hydrogen-bond donors (Lipinski definition) is 1. The quantitative estimate of drug-likeness (QED) is 0.648. The standard InChI is InChI=1S/C18H22N2O4/c1-18(2,3)24-16(22)9-15(23-10-21)17-13-8-12(11-4-5-11)6-7-14(13)19-20-17/h6-8,10-11,15H,4-5,9H2,1-3H3,(H,19,20). The third-order valence-corrected chi connectivity index (χ3v) is 3.96. The van der Waals surface area contributed by atoms with E-state index in [1.165, 1.54) is 18.4 Å². The summed E-state index contributed by atoms with van der Waals surface area (Å²) in [6.45, 7) is 5.74. The number of benzene rings is 1. The fraction of sp³-hybridized carbons (Fsp3) is 0.500. The SMILES string of the molecule is CC(C)(C)OC(=O)CC(OC=O)c1n[nH]c2ccc(C3CC3)cc12. The van der Waals surface area contributed by atoms with Crippen LogP contribution in [0.25, 0.3) is 10.9 Å². The van der Waals surface area contributed by atoms with Crippen LogP contribution in [-0.2, 0) is 19.1 Å². The molecule has 1 heterocycles. The molecule has 6 nitrogen and oxygen atoms in total. The number of nitrogens with zero attached hydrogens (tertiary/aromatic N) is 1. The molecule has 1 unspecified atom stereocenters. The van der Waals surface area contributed by atoms with Crippen LogP contribution in [0.3, 0.4) is 0 Å². The second kappa shape index (κ2) is 6.26. The number of nitrogens with one attached hydrogen (secondary N) is 1. The third kappa shape index (κ3) is 3.75. The van der Waals surface area contributed by atoms with E-state index in [4.69, 9.17) is 9.47 Å². The van der Waals surface area contributed by atoms with Crippen LogP contribution in [0.2, 0.25) is 0 Å². The number of carbonyl (C=O) groups excluding carboxylic acids is 2. The highest BCUT2D eigenvalue weighted by Crippen LogP contribution is 2.41. The molecule has 24 heavy (non-hydrogen) atoms. The van der Waals surface area contributed by atoms with Gasteiger partial charge in [0.2, 0.25) is 0 Å². The Kier molecular flexibility index (Phi) is 4.30. The van der Waals surface area contributed by atoms with Crippen LogP contribution in [0.1, 0.15) is 63.3 Å². The van der Waals surface area contributed by atoms with Gasteiger partial charge in [0.15, 0.2) is 6.10 Å². The van der Waals surface area contributed by atoms with Crippen LogP contribution in [0.15, 0.2) is 18.2 Å². The molecule has 1 aromatic heterocycles. The molecule has 0 amide bonds. The lowest BCUT2D eigenvalue weighted by Gasteiger charge is -2.21. The van der Waals surface area contributed by atoms with Gasteiger partial charge in [0.1, 0.15) is 11.3 Å². The van der Waals surface area contributed by atoms with Crippen LogP contribution < -0.4 is 0 Å². The van der Waals surface area contributed by atoms with Crippen LogP contribution >= 0.6 is 0 Å². The van der Waals surface area contributed by atoms with Gasteiger partial charge in [-0.1, -0.05) is 6.07 Å². The van der Waals surface area contributed by atoms with Crippen molar-refractivity contribution < 1.29 is 19.1 Å². The normalized spacial score (nSPS) is 16.0. The van der Waals surface area contributed by atoms with Crippen molar-refractivity contribution in [2.75, 3.05) is 0 Å². The second-order valence-corrected chi connectivity index (χ2v) is 7.20. The number of hydrogen-bond acceptors (Lipinski definition) is 5. The molecule has 0 saturated heterocycles. The molecule has 1 aliphatic carbocycles. The van der Waals surface area contributed by atoms with Gasteiger partial charge < -0.3 is 9.47 Å². The number of esters is 1. The smallest absolute Gasteiger partial charge is 0.310 e. The second-order valence-electron chi connectivity index (χ2n) is 7.20. The first-order valence-corrected chi connectivity index (χ1v) is 8.16. The third-order valence-electron chi connectivity index (χ3n) is 3.96. The maximum Gasteiger partial charge on any atom is 0.310 e. The van der Waals surface area contributed by atoms with E-state index in [0.717, 1.165) is 10.9 Å². The monoisotopic (exact) mass is 330 g/mol. The predicted octanol–water partition coefficient (Wildman–Crippen LogP) is 3.39. The highest BCUT2D eigenvalue weighted by atomic mass is 16.6. The predicted molar refractivity (Wildman–Crippen MR) is 88.4 cm³/mol. The Labute approximate surface area is 140 Å². The molecular weight excluding hydrogens is 308 g/mol. The molecule has 1 atom stereocenters. The number of rotatable bonds is 6. The number of aromatic amines is 1. The van der Waals surface area contributed by atoms with E-state index in [-0.39, 0.29) is 6.42 Å². The average Bonchev–Trinajstić information content (AvgIpc) is 3.24. The summed E-state index contributed by atoms with van der Waals surface area (Å²) in [7, 11) is 0. The van der Waals surface area contributed by atoms with Gasteiger partial charge in [-0.2, -0.15) is 5.10 Å². The van der Waals surface area contributed by atoms with E-state index in [1.54, 1.807) is 20.8 Å². The molecule has 0 radical (unpaired) electrons. The molecule has 1 fully saturated rings. The van der Waals surface area contributed by atoms with E-state index >= 15 is 0 Å². The topological polar surface area (TPSA) is 81.3 Å². The van der Waals surface area contributed by atoms with Crippen molar-refractivity contribution in [3.63, 3.8) is 0 Å². The minimum Gasteiger partial charge on any atom is -0.460 e. The van der Waals surface area contributed by atoms with Crippen molar-refractivity contribution in [3.8, 4) is 0 Å². The van der Waals surface area contributed by atoms with E-state index < -0.39 is 17.7 Å². The van der Waals surface area contributed by atoms with Crippen molar-refractivity contribution >= 4 is 23.3 Å². The van der Waals surface area contributed by atoms with Gasteiger partial charge in [0.05, 0.1) is 11.9 Å². The molecule has 128 valence electrons. The van der Waals surface area contributed by atoms with E-state index in [9.17, 15) is 9.59 Å². The summed E-state index contributed by atoms with van der Waals surface area (Å²) in [5, 5.41) is 8.09. The minimum atomic E-state index is -0.763. The van der Waals surface area contributed by atoms with Gasteiger partial charge in [-0.3, -0.25) is 14.7 Å². The number of ether oxygens (including phenoxy) is 2. The van der Waals surface area contributed by atoms with Crippen molar-refractivity contribution in [3.05, 3.63) is 29.5 Å². The Morgan fingerprint density at radius 2 is 2.17 bits per heavy atom. The van der Waals surface area contributed by atoms with Crippen LogP contribution in [0, 0.1) is 0 Å². The van der Waals surface area contributed by atoms with Gasteiger partial charge in [-0.25, -0.2) is 0 Å². The average molecular weight is 330 g/mol. The summed E-state index contributed by atoms with van der Waals surface area (Å²) in [5.41, 5.74) is 2.09. The molecule has 1 aromatic carbocycles. The van der Waals surface area contributed by atoms with Crippen LogP contribution in [0.5, 0.6) is 0 Å². The van der Waals surface area contributed by atoms with E-state index in [2.05, 4.69) is 22.3 Å². The first-order chi connectivity index (χ1) is 11.4. The molecular formula is C18H22N2O4. The lowest BCUT2D eigenvalue weighted by atomic mass is 10.0. The summed E-state index contributed by atoms with van der Waals surface area (Å²) in [6.07, 6.45) is 1.57. The molecule has 0 spiro atoms. The van der Waals surface area contributed by atoms with E-state index in [0.29, 0.717) is 18.1 Å². The van der Waals surface area contributed by atoms with Crippen molar-refractivity contribution in [1.82, 2.24) is 10.2 Å². The highest BCUT2D eigenvalue weighted by molar-refractivity contribution is 5.83. The van der Waals surface area contributed by atoms with Crippen molar-refractivity contribution in [2.45, 2.75) is 57.7 Å². The molecule has 0 bridgehead atoms. The Bertz CT molecular complexity index is 756. The summed E-state index contributed by atoms with van der Waals surface area (Å²) in [6, 6.07) is 6.14. The van der Waals surface area contributed by atoms with Gasteiger partial charge in [-0.05, 0) is 57.2 Å². The van der Waals surface area contributed by atoms with Gasteiger partial charge >= 0.3 is 5.97 Å². The minimum absolute atomic E-state index is 0.0659. The fourth-order valence-electron chi connectivity index (χ4n) is 2.78. The van der Waals surface area contributed by atoms with Crippen LogP contribution in [0.4, 0.5) is 0 Å². The number of carbonyl (C=O) groups is 2. The molecule has 1 N–H and O–H groups in total. The van der Waals surface area contributed by atoms with Gasteiger partial charge in [-0.15, -0.1) is 0 Å². The molecule has 1 aliphatic rings. The van der Waals surface area contributed by atoms with E-state index in [1.807, 2.05) is 6.07 Å². The Balaban J connectivity index is 1.87. The zero-order valence-corrected chi connectivity index (χ0v) is 14.2. The number of aromatic nitrogens is 2. The molecule has 3 rings (SSSR count). The number of H-pyrrole nitrogens is 1. The summed E-state index contributed by atoms with van der Waals surface area (Å²) >= 11 is 0. The summed E-state index contributed by atoms with van der Waals surface area (Å²) in [5.74, 6) is 0.178. The van der Waals surface area contributed by atoms with Gasteiger partial charge in [0.25, 0.3) is 6.47 Å². The Morgan fingerprint density at radius 1 is 1.42 bits per heavy atom. The summed E-state index contributed by atoms with van der Waals surface area (Å²) in [4.78, 5) is 23.0. The van der Waals surface area contributed by atoms with Crippen LogP contribution in [-0.4, -0.2) is 28.2 Å². The van der Waals surface area contributed by atoms with Crippen molar-refractivity contribution in [1.29, 1.82) is 0 Å². The van der Waals surface area contributed by atoms with Crippen molar-refractivity contribution in [2.24, 2.45) is 0 Å². The molecule has 0 aliphatic heterocycles. The first-order valence-electron chi connectivity index (χ1n) is 8.16. The Morgan fingerprint density at radius 3 is 2.79 bits per heavy atom. The maximum atomic E-state index is 12.1. The van der Waals surface area contributed by atoms with Gasteiger partial charge in [0, 0.05) is 5.39 Å². The number of fused-ring (bicyclic) bond motifs is 1. The zero-order chi connectivity index (χ0) is 17.3. The molecule has 1 saturated carbocycles. The Hall–Kier alpha value is -2.37. The fourth-order valence-corrected chi connectivity index (χ4v) is 2.78. The lowest BCUT2D eigenvalue weighted by Crippen LogP contribution is -2.25. The molecule has 6 heteroatoms. The maximum absolute atomic E-state index is 12.1.